The number of esters is 1. The van der Waals surface area contributed by atoms with Crippen LogP contribution in [0.4, 0.5) is 0 Å². The summed E-state index contributed by atoms with van der Waals surface area (Å²) in [5.41, 5.74) is 4.46. The van der Waals surface area contributed by atoms with Crippen molar-refractivity contribution >= 4 is 47.8 Å². The van der Waals surface area contributed by atoms with Gasteiger partial charge in [0.05, 0.1) is 28.7 Å². The highest BCUT2D eigenvalue weighted by Gasteiger charge is 2.32. The van der Waals surface area contributed by atoms with Gasteiger partial charge in [-0.25, -0.2) is 29.6 Å². The van der Waals surface area contributed by atoms with Gasteiger partial charge in [-0.15, -0.1) is 0 Å². The second-order valence-electron chi connectivity index (χ2n) is 18.5. The molecular weight excluding hydrogens is 1020 g/mol. The second kappa shape index (κ2) is 20.7. The standard InChI is InChI=1S/C30H27N3O6S.C28H25N3O5S/c1-5-39-30(36)26-15-23-25(22-16-27(34)31(3)17-24(22)20-9-7-6-8-10-20)18-32(4)29(35)28(23)33(26)40(37,38)21-13-11-19(2)12-14-21;1-18-9-11-21(12-10-18)37(35,36)31-20(17-32)13-23-25(16-30(3)28(34)27(23)31)22-14-26(33)29(2)15-24(22)19-7-5-4-6-8-19/h6-18H,5H2,1-4H3;4-16,32H,17H2,1-3H3. The molecule has 1 N–H and O–H groups in total. The lowest BCUT2D eigenvalue weighted by molar-refractivity contribution is 0.0518. The third-order valence-electron chi connectivity index (χ3n) is 13.2. The fourth-order valence-electron chi connectivity index (χ4n) is 9.28. The number of rotatable bonds is 11. The average Bonchev–Trinajstić information content (AvgIpc) is 4.22. The van der Waals surface area contributed by atoms with Gasteiger partial charge in [-0.1, -0.05) is 96.1 Å². The molecule has 77 heavy (non-hydrogen) atoms. The van der Waals surface area contributed by atoms with Crippen molar-refractivity contribution in [2.24, 2.45) is 28.2 Å². The fourth-order valence-corrected chi connectivity index (χ4v) is 12.3. The molecule has 392 valence electrons. The molecule has 19 heteroatoms. The van der Waals surface area contributed by atoms with E-state index in [1.165, 1.54) is 80.9 Å². The molecule has 0 amide bonds. The van der Waals surface area contributed by atoms with E-state index < -0.39 is 43.7 Å². The van der Waals surface area contributed by atoms with Gasteiger partial charge in [0.15, 0.2) is 0 Å². The molecule has 0 unspecified atom stereocenters. The number of aryl methyl sites for hydroxylation is 6. The molecule has 0 aliphatic heterocycles. The minimum absolute atomic E-state index is 0.00267. The molecule has 0 aliphatic carbocycles. The summed E-state index contributed by atoms with van der Waals surface area (Å²) in [5.74, 6) is -0.894. The molecule has 17 nitrogen and oxygen atoms in total. The van der Waals surface area contributed by atoms with E-state index >= 15 is 0 Å². The van der Waals surface area contributed by atoms with Crippen molar-refractivity contribution in [3.8, 4) is 44.5 Å². The molecule has 0 bridgehead atoms. The van der Waals surface area contributed by atoms with Crippen molar-refractivity contribution in [1.29, 1.82) is 0 Å². The predicted octanol–water partition coefficient (Wildman–Crippen LogP) is 7.51. The lowest BCUT2D eigenvalue weighted by Crippen LogP contribution is -2.25. The third kappa shape index (κ3) is 9.60. The quantitative estimate of drug-likeness (QED) is 0.125. The minimum Gasteiger partial charge on any atom is -0.461 e. The van der Waals surface area contributed by atoms with Crippen LogP contribution in [-0.4, -0.2) is 60.7 Å². The molecule has 4 aromatic carbocycles. The molecule has 6 heterocycles. The highest BCUT2D eigenvalue weighted by Crippen LogP contribution is 2.39. The lowest BCUT2D eigenvalue weighted by atomic mass is 9.95. The first kappa shape index (κ1) is 52.9. The number of aliphatic hydroxyl groups excluding tert-OH is 1. The molecule has 10 aromatic rings. The van der Waals surface area contributed by atoms with Crippen molar-refractivity contribution < 1.29 is 31.5 Å². The van der Waals surface area contributed by atoms with Gasteiger partial charge < -0.3 is 28.1 Å². The molecule has 6 aromatic heterocycles. The number of hydrogen-bond acceptors (Lipinski definition) is 11. The van der Waals surface area contributed by atoms with Crippen LogP contribution in [0.3, 0.4) is 0 Å². The Morgan fingerprint density at radius 3 is 1.30 bits per heavy atom. The van der Waals surface area contributed by atoms with E-state index in [2.05, 4.69) is 0 Å². The smallest absolute Gasteiger partial charge is 0.356 e. The first-order chi connectivity index (χ1) is 36.7. The van der Waals surface area contributed by atoms with Crippen molar-refractivity contribution in [3.63, 3.8) is 0 Å². The number of pyridine rings is 4. The summed E-state index contributed by atoms with van der Waals surface area (Å²) in [4.78, 5) is 65.6. The maximum atomic E-state index is 14.0. The van der Waals surface area contributed by atoms with Crippen LogP contribution >= 0.6 is 0 Å². The molecule has 0 saturated carbocycles. The minimum atomic E-state index is -4.41. The van der Waals surface area contributed by atoms with Crippen LogP contribution in [0.15, 0.2) is 187 Å². The Morgan fingerprint density at radius 1 is 0.494 bits per heavy atom. The Balaban J connectivity index is 0.000000188. The number of fused-ring (bicyclic) bond motifs is 2. The van der Waals surface area contributed by atoms with Crippen molar-refractivity contribution in [3.05, 3.63) is 222 Å². The number of aromatic nitrogens is 6. The van der Waals surface area contributed by atoms with Gasteiger partial charge in [0.25, 0.3) is 42.3 Å². The summed E-state index contributed by atoms with van der Waals surface area (Å²) in [6.07, 6.45) is 6.55. The molecule has 0 atom stereocenters. The molecule has 0 spiro atoms. The molecule has 10 rings (SSSR count). The number of carbonyl (C=O) groups excluding carboxylic acids is 1. The number of aliphatic hydroxyl groups is 1. The maximum absolute atomic E-state index is 14.0. The largest absolute Gasteiger partial charge is 0.461 e. The second-order valence-corrected chi connectivity index (χ2v) is 22.1. The van der Waals surface area contributed by atoms with E-state index in [1.807, 2.05) is 74.5 Å². The van der Waals surface area contributed by atoms with E-state index in [0.717, 1.165) is 35.8 Å². The average molecular weight is 1070 g/mol. The zero-order valence-corrected chi connectivity index (χ0v) is 44.6. The van der Waals surface area contributed by atoms with Crippen LogP contribution in [0.2, 0.25) is 0 Å². The third-order valence-corrected chi connectivity index (χ3v) is 16.7. The Kier molecular flexibility index (Phi) is 14.2. The van der Waals surface area contributed by atoms with Gasteiger partial charge in [0, 0.05) is 98.1 Å². The highest BCUT2D eigenvalue weighted by molar-refractivity contribution is 7.90. The summed E-state index contributed by atoms with van der Waals surface area (Å²) < 4.78 is 67.9. The van der Waals surface area contributed by atoms with Gasteiger partial charge in [-0.3, -0.25) is 19.2 Å². The first-order valence-corrected chi connectivity index (χ1v) is 27.0. The zero-order chi connectivity index (χ0) is 55.2. The molecule has 0 saturated heterocycles. The van der Waals surface area contributed by atoms with Crippen molar-refractivity contribution in [1.82, 2.24) is 26.2 Å². The topological polar surface area (TPSA) is 213 Å². The van der Waals surface area contributed by atoms with E-state index in [-0.39, 0.29) is 55.3 Å². The molecule has 0 aliphatic rings. The fraction of sp³-hybridized carbons (Fsp3) is 0.155. The van der Waals surface area contributed by atoms with Gasteiger partial charge in [0.2, 0.25) is 0 Å². The van der Waals surface area contributed by atoms with Crippen LogP contribution in [0.1, 0.15) is 34.2 Å². The Hall–Kier alpha value is -8.91. The lowest BCUT2D eigenvalue weighted by Gasteiger charge is -2.15. The molecule has 0 radical (unpaired) electrons. The van der Waals surface area contributed by atoms with Crippen LogP contribution in [-0.2, 0) is 59.6 Å². The van der Waals surface area contributed by atoms with Gasteiger partial charge >= 0.3 is 5.97 Å². The van der Waals surface area contributed by atoms with Crippen molar-refractivity contribution in [2.75, 3.05) is 6.61 Å². The number of benzene rings is 4. The summed E-state index contributed by atoms with van der Waals surface area (Å²) >= 11 is 0. The van der Waals surface area contributed by atoms with E-state index in [4.69, 9.17) is 4.74 Å². The van der Waals surface area contributed by atoms with E-state index in [1.54, 1.807) is 70.1 Å². The Morgan fingerprint density at radius 2 is 0.883 bits per heavy atom. The number of hydrogen-bond donors (Lipinski definition) is 1. The monoisotopic (exact) mass is 1070 g/mol. The summed E-state index contributed by atoms with van der Waals surface area (Å²) in [6, 6.07) is 37.0. The Labute approximate surface area is 442 Å². The summed E-state index contributed by atoms with van der Waals surface area (Å²) in [7, 11) is -2.31. The maximum Gasteiger partial charge on any atom is 0.356 e. The van der Waals surface area contributed by atoms with Crippen LogP contribution < -0.4 is 22.2 Å². The predicted molar refractivity (Wildman–Crippen MR) is 296 cm³/mol. The number of ether oxygens (including phenoxy) is 1. The zero-order valence-electron chi connectivity index (χ0n) is 43.0. The van der Waals surface area contributed by atoms with Crippen molar-refractivity contribution in [2.45, 2.75) is 37.2 Å². The molecular formula is C58H52N6O11S2. The van der Waals surface area contributed by atoms with Gasteiger partial charge in [-0.2, -0.15) is 0 Å². The normalized spacial score (nSPS) is 11.7. The van der Waals surface area contributed by atoms with Crippen LogP contribution in [0.25, 0.3) is 66.3 Å². The Bertz CT molecular complexity index is 4460. The molecule has 0 fully saturated rings. The first-order valence-electron chi connectivity index (χ1n) is 24.1. The van der Waals surface area contributed by atoms with Crippen LogP contribution in [0, 0.1) is 13.8 Å². The van der Waals surface area contributed by atoms with Gasteiger partial charge in [-0.05, 0) is 79.4 Å². The number of nitrogens with zero attached hydrogens (tertiary/aromatic N) is 6. The summed E-state index contributed by atoms with van der Waals surface area (Å²) in [6.45, 7) is 4.67. The SMILES string of the molecule is CCOC(=O)c1cc2c(-c3cc(=O)n(C)cc3-c3ccccc3)cn(C)c(=O)c2n1S(=O)(=O)c1ccc(C)cc1.Cc1ccc(S(=O)(=O)n2c(CO)cc3c(-c4cc(=O)n(C)cc4-c4ccccc4)cn(C)c(=O)c32)cc1. The highest BCUT2D eigenvalue weighted by atomic mass is 32.2. The summed E-state index contributed by atoms with van der Waals surface area (Å²) in [5, 5.41) is 10.7. The van der Waals surface area contributed by atoms with E-state index in [0.29, 0.717) is 33.2 Å². The van der Waals surface area contributed by atoms with Crippen LogP contribution in [0.5, 0.6) is 0 Å². The number of carbonyl (C=O) groups is 1. The van der Waals surface area contributed by atoms with E-state index in [9.17, 15) is 45.9 Å². The van der Waals surface area contributed by atoms with Gasteiger partial charge in [0.1, 0.15) is 16.7 Å².